The highest BCUT2D eigenvalue weighted by Crippen LogP contribution is 2.31. The average molecular weight is 409 g/mol. The van der Waals surface area contributed by atoms with Crippen molar-refractivity contribution in [2.24, 2.45) is 0 Å². The molecule has 2 aromatic carbocycles. The molecule has 0 atom stereocenters. The van der Waals surface area contributed by atoms with Crippen LogP contribution in [0.2, 0.25) is 0 Å². The van der Waals surface area contributed by atoms with Gasteiger partial charge in [-0.05, 0) is 42.2 Å². The van der Waals surface area contributed by atoms with Gasteiger partial charge in [0.25, 0.3) is 0 Å². The summed E-state index contributed by atoms with van der Waals surface area (Å²) in [5.74, 6) is -2.19. The normalized spacial score (nSPS) is 12.0. The van der Waals surface area contributed by atoms with Crippen molar-refractivity contribution in [2.75, 3.05) is 18.7 Å². The number of esters is 1. The van der Waals surface area contributed by atoms with Gasteiger partial charge >= 0.3 is 12.1 Å². The predicted molar refractivity (Wildman–Crippen MR) is 106 cm³/mol. The number of hydrogen-bond donors (Lipinski definition) is 1. The first-order valence-electron chi connectivity index (χ1n) is 9.22. The van der Waals surface area contributed by atoms with Crippen molar-refractivity contribution in [1.82, 2.24) is 0 Å². The summed E-state index contributed by atoms with van der Waals surface area (Å²) in [5.41, 5.74) is 4.04. The van der Waals surface area contributed by atoms with Crippen molar-refractivity contribution in [2.45, 2.75) is 45.9 Å². The minimum atomic E-state index is -5.00. The Balaban J connectivity index is 2.00. The number of hydrogen-bond acceptors (Lipinski definition) is 4. The molecule has 0 heterocycles. The molecule has 0 saturated heterocycles. The maximum Gasteiger partial charge on any atom is 0.490 e. The predicted octanol–water partition coefficient (Wildman–Crippen LogP) is 5.27. The third kappa shape index (κ3) is 6.22. The van der Waals surface area contributed by atoms with Crippen LogP contribution in [-0.4, -0.2) is 25.5 Å². The van der Waals surface area contributed by atoms with Crippen LogP contribution in [0.1, 0.15) is 36.1 Å². The molecule has 7 heteroatoms. The number of aryl methyl sites for hydroxylation is 2. The van der Waals surface area contributed by atoms with Crippen molar-refractivity contribution in [3.8, 4) is 0 Å². The standard InChI is InChI=1S/C22H26F3NO3/c1-15-8-7-9-16(2)17(15)12-28-14-26-19-11-6-5-10-18(19)21(3,4)13-29-20(27)22(23,24)25/h5-11,26H,12-14H2,1-4H3. The van der Waals surface area contributed by atoms with Gasteiger partial charge in [0.05, 0.1) is 6.61 Å². The SMILES string of the molecule is Cc1cccc(C)c1COCNc1ccccc1C(C)(C)COC(=O)C(F)(F)F. The van der Waals surface area contributed by atoms with Gasteiger partial charge < -0.3 is 14.8 Å². The molecule has 0 bridgehead atoms. The number of benzene rings is 2. The van der Waals surface area contributed by atoms with Gasteiger partial charge in [-0.15, -0.1) is 0 Å². The second-order valence-corrected chi connectivity index (χ2v) is 7.54. The smallest absolute Gasteiger partial charge is 0.458 e. The van der Waals surface area contributed by atoms with E-state index < -0.39 is 24.2 Å². The fraction of sp³-hybridized carbons (Fsp3) is 0.409. The third-order valence-electron chi connectivity index (χ3n) is 4.71. The molecule has 0 spiro atoms. The van der Waals surface area contributed by atoms with Gasteiger partial charge in [0, 0.05) is 11.1 Å². The van der Waals surface area contributed by atoms with Gasteiger partial charge in [0.1, 0.15) is 13.3 Å². The summed E-state index contributed by atoms with van der Waals surface area (Å²) in [6.07, 6.45) is -5.00. The van der Waals surface area contributed by atoms with Crippen LogP contribution in [0.25, 0.3) is 0 Å². The molecule has 0 fully saturated rings. The van der Waals surface area contributed by atoms with Crippen molar-refractivity contribution in [1.29, 1.82) is 0 Å². The van der Waals surface area contributed by atoms with E-state index in [9.17, 15) is 18.0 Å². The topological polar surface area (TPSA) is 47.6 Å². The molecule has 158 valence electrons. The Bertz CT molecular complexity index is 827. The van der Waals surface area contributed by atoms with Gasteiger partial charge in [-0.3, -0.25) is 0 Å². The Labute approximate surface area is 169 Å². The zero-order valence-electron chi connectivity index (χ0n) is 17.0. The number of anilines is 1. The summed E-state index contributed by atoms with van der Waals surface area (Å²) in [7, 11) is 0. The summed E-state index contributed by atoms with van der Waals surface area (Å²) in [5, 5.41) is 3.16. The van der Waals surface area contributed by atoms with Gasteiger partial charge in [0.2, 0.25) is 0 Å². The van der Waals surface area contributed by atoms with Crippen LogP contribution < -0.4 is 5.32 Å². The molecule has 0 aliphatic heterocycles. The largest absolute Gasteiger partial charge is 0.490 e. The van der Waals surface area contributed by atoms with Crippen molar-refractivity contribution in [3.63, 3.8) is 0 Å². The van der Waals surface area contributed by atoms with Crippen molar-refractivity contribution in [3.05, 3.63) is 64.7 Å². The van der Waals surface area contributed by atoms with E-state index in [1.165, 1.54) is 0 Å². The van der Waals surface area contributed by atoms with E-state index in [2.05, 4.69) is 10.1 Å². The van der Waals surface area contributed by atoms with E-state index in [1.807, 2.05) is 44.2 Å². The molecule has 0 amide bonds. The number of ether oxygens (including phenoxy) is 2. The molecule has 0 saturated carbocycles. The highest BCUT2D eigenvalue weighted by Gasteiger charge is 2.42. The van der Waals surface area contributed by atoms with Crippen LogP contribution in [0, 0.1) is 13.8 Å². The number of para-hydroxylation sites is 1. The first-order chi connectivity index (χ1) is 13.5. The van der Waals surface area contributed by atoms with Gasteiger partial charge in [0.15, 0.2) is 0 Å². The Morgan fingerprint density at radius 3 is 2.24 bits per heavy atom. The molecule has 2 aromatic rings. The Hall–Kier alpha value is -2.54. The Morgan fingerprint density at radius 1 is 1.00 bits per heavy atom. The zero-order chi connectivity index (χ0) is 21.7. The van der Waals surface area contributed by atoms with Gasteiger partial charge in [-0.25, -0.2) is 4.79 Å². The highest BCUT2D eigenvalue weighted by atomic mass is 19.4. The van der Waals surface area contributed by atoms with E-state index in [0.717, 1.165) is 22.3 Å². The summed E-state index contributed by atoms with van der Waals surface area (Å²) in [6, 6.07) is 13.2. The molecule has 0 radical (unpaired) electrons. The highest BCUT2D eigenvalue weighted by molar-refractivity contribution is 5.75. The molecule has 4 nitrogen and oxygen atoms in total. The van der Waals surface area contributed by atoms with Crippen LogP contribution in [0.4, 0.5) is 18.9 Å². The molecule has 0 aliphatic rings. The lowest BCUT2D eigenvalue weighted by Gasteiger charge is -2.27. The molecule has 0 unspecified atom stereocenters. The van der Waals surface area contributed by atoms with Crippen molar-refractivity contribution >= 4 is 11.7 Å². The van der Waals surface area contributed by atoms with Crippen LogP contribution >= 0.6 is 0 Å². The minimum absolute atomic E-state index is 0.225. The third-order valence-corrected chi connectivity index (χ3v) is 4.71. The summed E-state index contributed by atoms with van der Waals surface area (Å²) >= 11 is 0. The molecule has 2 rings (SSSR count). The molecular weight excluding hydrogens is 383 g/mol. The fourth-order valence-electron chi connectivity index (χ4n) is 2.99. The lowest BCUT2D eigenvalue weighted by molar-refractivity contribution is -0.201. The summed E-state index contributed by atoms with van der Waals surface area (Å²) < 4.78 is 47.4. The molecular formula is C22H26F3NO3. The van der Waals surface area contributed by atoms with E-state index in [0.29, 0.717) is 12.3 Å². The Morgan fingerprint density at radius 2 is 1.62 bits per heavy atom. The first-order valence-corrected chi connectivity index (χ1v) is 9.22. The molecule has 29 heavy (non-hydrogen) atoms. The minimum Gasteiger partial charge on any atom is -0.458 e. The summed E-state index contributed by atoms with van der Waals surface area (Å²) in [6.45, 7) is 7.76. The number of halogens is 3. The maximum absolute atomic E-state index is 12.4. The lowest BCUT2D eigenvalue weighted by Crippen LogP contribution is -2.32. The van der Waals surface area contributed by atoms with Crippen LogP contribution in [0.15, 0.2) is 42.5 Å². The first kappa shape index (κ1) is 22.7. The Kier molecular flexibility index (Phi) is 7.30. The van der Waals surface area contributed by atoms with Crippen LogP contribution in [-0.2, 0) is 26.3 Å². The van der Waals surface area contributed by atoms with E-state index in [-0.39, 0.29) is 6.73 Å². The van der Waals surface area contributed by atoms with Crippen LogP contribution in [0.3, 0.4) is 0 Å². The van der Waals surface area contributed by atoms with E-state index >= 15 is 0 Å². The number of carbonyl (C=O) groups excluding carboxylic acids is 1. The van der Waals surface area contributed by atoms with E-state index in [4.69, 9.17) is 4.74 Å². The maximum atomic E-state index is 12.4. The van der Waals surface area contributed by atoms with Gasteiger partial charge in [-0.1, -0.05) is 50.2 Å². The number of carbonyl (C=O) groups is 1. The molecule has 1 N–H and O–H groups in total. The quantitative estimate of drug-likeness (QED) is 0.366. The lowest BCUT2D eigenvalue weighted by atomic mass is 9.84. The van der Waals surface area contributed by atoms with Crippen molar-refractivity contribution < 1.29 is 27.4 Å². The molecule has 0 aliphatic carbocycles. The van der Waals surface area contributed by atoms with Gasteiger partial charge in [-0.2, -0.15) is 13.2 Å². The average Bonchev–Trinajstić information content (AvgIpc) is 2.64. The molecule has 0 aromatic heterocycles. The second kappa shape index (κ2) is 9.31. The second-order valence-electron chi connectivity index (χ2n) is 7.54. The number of rotatable bonds is 8. The zero-order valence-corrected chi connectivity index (χ0v) is 17.0. The fourth-order valence-corrected chi connectivity index (χ4v) is 2.99. The van der Waals surface area contributed by atoms with E-state index in [1.54, 1.807) is 26.0 Å². The number of alkyl halides is 3. The van der Waals surface area contributed by atoms with Crippen LogP contribution in [0.5, 0.6) is 0 Å². The number of nitrogens with one attached hydrogen (secondary N) is 1. The summed E-state index contributed by atoms with van der Waals surface area (Å²) in [4.78, 5) is 11.0. The monoisotopic (exact) mass is 409 g/mol.